The van der Waals surface area contributed by atoms with Gasteiger partial charge in [-0.25, -0.2) is 0 Å². The van der Waals surface area contributed by atoms with E-state index in [1.54, 1.807) is 0 Å². The Morgan fingerprint density at radius 3 is 2.55 bits per heavy atom. The van der Waals surface area contributed by atoms with E-state index < -0.39 is 35.0 Å². The molecule has 1 aromatic heterocycles. The lowest BCUT2D eigenvalue weighted by molar-refractivity contribution is -0.137. The second-order valence-corrected chi connectivity index (χ2v) is 8.98. The summed E-state index contributed by atoms with van der Waals surface area (Å²) in [4.78, 5) is 40.7. The van der Waals surface area contributed by atoms with Crippen LogP contribution in [0.1, 0.15) is 17.7 Å². The number of primary amides is 1. The summed E-state index contributed by atoms with van der Waals surface area (Å²) in [5.41, 5.74) is 2.33. The van der Waals surface area contributed by atoms with Crippen molar-refractivity contribution in [2.75, 3.05) is 18.5 Å². The van der Waals surface area contributed by atoms with Gasteiger partial charge in [-0.1, -0.05) is 23.2 Å². The Hall–Kier alpha value is -3.68. The first-order chi connectivity index (χ1) is 17.8. The number of aromatic nitrogens is 1. The fourth-order valence-electron chi connectivity index (χ4n) is 3.53. The van der Waals surface area contributed by atoms with Gasteiger partial charge in [-0.05, 0) is 24.3 Å². The van der Waals surface area contributed by atoms with E-state index in [1.807, 2.05) is 0 Å². The Morgan fingerprint density at radius 2 is 1.97 bits per heavy atom. The highest BCUT2D eigenvalue weighted by Gasteiger charge is 2.44. The normalized spacial score (nSPS) is 17.6. The predicted molar refractivity (Wildman–Crippen MR) is 133 cm³/mol. The van der Waals surface area contributed by atoms with E-state index in [0.29, 0.717) is 6.21 Å². The van der Waals surface area contributed by atoms with Crippen LogP contribution in [0.15, 0.2) is 42.1 Å². The third kappa shape index (κ3) is 7.00. The molecule has 0 spiro atoms. The number of hydrogen-bond donors (Lipinski definition) is 5. The van der Waals surface area contributed by atoms with Gasteiger partial charge in [0.1, 0.15) is 5.54 Å². The fourth-order valence-corrected chi connectivity index (χ4v) is 3.93. The molecule has 0 bridgehead atoms. The van der Waals surface area contributed by atoms with Crippen molar-refractivity contribution in [1.29, 1.82) is 5.41 Å². The van der Waals surface area contributed by atoms with Crippen LogP contribution >= 0.6 is 23.2 Å². The van der Waals surface area contributed by atoms with E-state index in [4.69, 9.17) is 39.1 Å². The summed E-state index contributed by atoms with van der Waals surface area (Å²) in [6.45, 7) is -0.185. The first kappa shape index (κ1) is 28.9. The van der Waals surface area contributed by atoms with Crippen LogP contribution in [-0.2, 0) is 31.8 Å². The number of rotatable bonds is 9. The van der Waals surface area contributed by atoms with E-state index in [9.17, 15) is 27.6 Å². The van der Waals surface area contributed by atoms with Gasteiger partial charge < -0.3 is 31.8 Å². The second kappa shape index (κ2) is 11.8. The summed E-state index contributed by atoms with van der Waals surface area (Å²) < 4.78 is 45.4. The zero-order chi connectivity index (χ0) is 28.1. The number of anilines is 2. The minimum absolute atomic E-state index is 0.0501. The van der Waals surface area contributed by atoms with Crippen LogP contribution in [0, 0.1) is 5.41 Å². The predicted octanol–water partition coefficient (Wildman–Crippen LogP) is 3.10. The molecule has 1 aliphatic heterocycles. The summed E-state index contributed by atoms with van der Waals surface area (Å²) in [5, 5.41) is 15.0. The van der Waals surface area contributed by atoms with Crippen molar-refractivity contribution < 1.29 is 32.3 Å². The maximum atomic E-state index is 13.4. The average Bonchev–Trinajstić information content (AvgIpc) is 3.31. The SMILES string of the molecule is N=C/C(=C\C(N)=O)C(=O)N[C@@]1(C(=O)NCc2ncc(Nc3ccc(Cl)cc3C(F)(F)F)cc2Cl)CCOC1. The number of nitrogens with one attached hydrogen (secondary N) is 4. The van der Waals surface area contributed by atoms with Crippen LogP contribution in [0.3, 0.4) is 0 Å². The largest absolute Gasteiger partial charge is 0.418 e. The molecule has 1 aliphatic rings. The Kier molecular flexibility index (Phi) is 8.97. The van der Waals surface area contributed by atoms with E-state index in [0.717, 1.165) is 12.1 Å². The lowest BCUT2D eigenvalue weighted by Crippen LogP contribution is -2.59. The summed E-state index contributed by atoms with van der Waals surface area (Å²) in [6.07, 6.45) is -1.92. The first-order valence-electron chi connectivity index (χ1n) is 10.8. The molecular formula is C23H21Cl2F3N6O4. The van der Waals surface area contributed by atoms with E-state index in [2.05, 4.69) is 20.9 Å². The Balaban J connectivity index is 1.72. The number of pyridine rings is 1. The number of nitrogens with zero attached hydrogens (tertiary/aromatic N) is 1. The summed E-state index contributed by atoms with van der Waals surface area (Å²) >= 11 is 12.0. The summed E-state index contributed by atoms with van der Waals surface area (Å²) in [5.74, 6) is -2.45. The minimum Gasteiger partial charge on any atom is -0.378 e. The third-order valence-corrected chi connectivity index (χ3v) is 5.99. The van der Waals surface area contributed by atoms with Crippen molar-refractivity contribution in [3.63, 3.8) is 0 Å². The molecule has 3 rings (SSSR count). The number of benzene rings is 1. The molecule has 3 amide bonds. The summed E-state index contributed by atoms with van der Waals surface area (Å²) in [6, 6.07) is 4.60. The maximum Gasteiger partial charge on any atom is 0.418 e. The lowest BCUT2D eigenvalue weighted by atomic mass is 9.96. The number of alkyl halides is 3. The van der Waals surface area contributed by atoms with E-state index in [-0.39, 0.29) is 58.9 Å². The number of amides is 3. The molecular weight excluding hydrogens is 552 g/mol. The van der Waals surface area contributed by atoms with Crippen LogP contribution in [-0.4, -0.2) is 47.7 Å². The average molecular weight is 573 g/mol. The first-order valence-corrected chi connectivity index (χ1v) is 11.6. The van der Waals surface area contributed by atoms with Crippen molar-refractivity contribution in [3.05, 3.63) is 63.4 Å². The monoisotopic (exact) mass is 572 g/mol. The highest BCUT2D eigenvalue weighted by molar-refractivity contribution is 6.31. The van der Waals surface area contributed by atoms with E-state index in [1.165, 1.54) is 24.4 Å². The van der Waals surface area contributed by atoms with Crippen LogP contribution in [0.2, 0.25) is 10.0 Å². The number of halogens is 5. The Morgan fingerprint density at radius 1 is 1.24 bits per heavy atom. The van der Waals surface area contributed by atoms with Crippen LogP contribution in [0.5, 0.6) is 0 Å². The van der Waals surface area contributed by atoms with Crippen molar-refractivity contribution >= 4 is 58.5 Å². The van der Waals surface area contributed by atoms with Gasteiger partial charge in [-0.3, -0.25) is 19.4 Å². The van der Waals surface area contributed by atoms with Gasteiger partial charge in [-0.2, -0.15) is 13.2 Å². The zero-order valence-corrected chi connectivity index (χ0v) is 20.9. The Bertz CT molecular complexity index is 1300. The molecule has 10 nitrogen and oxygen atoms in total. The third-order valence-electron chi connectivity index (χ3n) is 5.42. The molecule has 2 aromatic rings. The molecule has 38 heavy (non-hydrogen) atoms. The minimum atomic E-state index is -4.65. The molecule has 6 N–H and O–H groups in total. The van der Waals surface area contributed by atoms with Gasteiger partial charge in [0.2, 0.25) is 11.8 Å². The van der Waals surface area contributed by atoms with E-state index >= 15 is 0 Å². The molecule has 1 fully saturated rings. The molecule has 0 unspecified atom stereocenters. The van der Waals surface area contributed by atoms with Crippen molar-refractivity contribution in [2.45, 2.75) is 24.7 Å². The Labute approximate surface area is 224 Å². The van der Waals surface area contributed by atoms with Gasteiger partial charge in [0.05, 0.1) is 52.6 Å². The highest BCUT2D eigenvalue weighted by Crippen LogP contribution is 2.38. The van der Waals surface area contributed by atoms with Crippen LogP contribution < -0.4 is 21.7 Å². The van der Waals surface area contributed by atoms with Crippen LogP contribution in [0.4, 0.5) is 24.5 Å². The molecule has 0 radical (unpaired) electrons. The number of carbonyl (C=O) groups is 3. The highest BCUT2D eigenvalue weighted by atomic mass is 35.5. The molecule has 2 heterocycles. The standard InChI is InChI=1S/C23H21Cl2F3N6O4/c24-13-1-2-17(15(6-13)23(26,27)28)33-14-7-16(25)18(31-9-14)10-32-21(37)22(3-4-38-11-22)34-20(36)12(8-29)5-19(30)35/h1-2,5-9,29,33H,3-4,10-11H2,(H2,30,35)(H,32,37)(H,34,36)/b12-5+,29-8?/t22-/m0/s1. The van der Waals surface area contributed by atoms with Gasteiger partial charge in [-0.15, -0.1) is 0 Å². The fraction of sp³-hybridized carbons (Fsp3) is 0.261. The molecule has 202 valence electrons. The number of nitrogens with two attached hydrogens (primary N) is 1. The van der Waals surface area contributed by atoms with Crippen molar-refractivity contribution in [2.24, 2.45) is 5.73 Å². The van der Waals surface area contributed by atoms with Gasteiger partial charge >= 0.3 is 6.18 Å². The molecule has 1 atom stereocenters. The number of hydrogen-bond acceptors (Lipinski definition) is 7. The molecule has 1 saturated heterocycles. The zero-order valence-electron chi connectivity index (χ0n) is 19.4. The molecule has 0 aliphatic carbocycles. The van der Waals surface area contributed by atoms with Crippen molar-refractivity contribution in [1.82, 2.24) is 15.6 Å². The smallest absolute Gasteiger partial charge is 0.378 e. The number of carbonyl (C=O) groups excluding carboxylic acids is 3. The van der Waals surface area contributed by atoms with Crippen molar-refractivity contribution in [3.8, 4) is 0 Å². The van der Waals surface area contributed by atoms with Crippen LogP contribution in [0.25, 0.3) is 0 Å². The topological polar surface area (TPSA) is 159 Å². The lowest BCUT2D eigenvalue weighted by Gasteiger charge is -2.27. The molecule has 15 heteroatoms. The second-order valence-electron chi connectivity index (χ2n) is 8.13. The van der Waals surface area contributed by atoms with Gasteiger partial charge in [0, 0.05) is 30.3 Å². The summed E-state index contributed by atoms with van der Waals surface area (Å²) in [7, 11) is 0. The quantitative estimate of drug-likeness (QED) is 0.229. The van der Waals surface area contributed by atoms with Gasteiger partial charge in [0.25, 0.3) is 5.91 Å². The molecule has 0 saturated carbocycles. The number of ether oxygens (including phenoxy) is 1. The van der Waals surface area contributed by atoms with Gasteiger partial charge in [0.15, 0.2) is 0 Å². The maximum absolute atomic E-state index is 13.4. The molecule has 1 aromatic carbocycles.